The maximum atomic E-state index is 9.08. The maximum Gasteiger partial charge on any atom is 0.198 e. The number of rotatable bonds is 0. The van der Waals surface area contributed by atoms with E-state index in [-0.39, 0.29) is 0 Å². The van der Waals surface area contributed by atoms with Crippen molar-refractivity contribution >= 4 is 10.8 Å². The Kier molecular flexibility index (Phi) is 0.679. The summed E-state index contributed by atoms with van der Waals surface area (Å²) in [4.78, 5) is 0. The van der Waals surface area contributed by atoms with E-state index in [1.165, 1.54) is 0 Å². The van der Waals surface area contributed by atoms with Gasteiger partial charge < -0.3 is 0 Å². The van der Waals surface area contributed by atoms with E-state index in [1.54, 1.807) is 0 Å². The molecule has 0 aliphatic heterocycles. The summed E-state index contributed by atoms with van der Waals surface area (Å²) in [6, 6.07) is 0. The first kappa shape index (κ1) is 2.17. The molecule has 0 aromatic heterocycles. The monoisotopic (exact) mass is 82.0 g/mol. The van der Waals surface area contributed by atoms with E-state index in [9.17, 15) is 0 Å². The summed E-state index contributed by atoms with van der Waals surface area (Å²) in [5, 5.41) is 3.99. The zero-order valence-corrected chi connectivity index (χ0v) is 2.62. The number of hydrogen-bond donors (Lipinski definition) is 2. The van der Waals surface area contributed by atoms with Gasteiger partial charge in [-0.3, -0.25) is 0 Å². The average molecular weight is 82.1 g/mol. The summed E-state index contributed by atoms with van der Waals surface area (Å²) in [5.41, 5.74) is 0. The fraction of sp³-hybridized carbons (Fsp3) is 0. The van der Waals surface area contributed by atoms with E-state index in [4.69, 9.17) is 9.54 Å². The van der Waals surface area contributed by atoms with E-state index < -0.39 is 10.8 Å². The summed E-state index contributed by atoms with van der Waals surface area (Å²) in [6.07, 6.45) is 0. The summed E-state index contributed by atoms with van der Waals surface area (Å²) in [7, 11) is -3.92. The molecule has 0 saturated carbocycles. The van der Waals surface area contributed by atoms with Crippen LogP contribution in [0, 0.1) is 0 Å². The van der Waals surface area contributed by atoms with Gasteiger partial charge in [0.2, 0.25) is 0 Å². The van der Waals surface area contributed by atoms with Crippen LogP contribution in [0.25, 0.3) is 0 Å². The standard InChI is InChI=1S/H3NO2S/c1-4(2)3/h4H,(H2,1,2,3)/i4D. The third-order valence-corrected chi connectivity index (χ3v) is 0. The Morgan fingerprint density at radius 3 is 2.00 bits per heavy atom. The van der Waals surface area contributed by atoms with Crippen molar-refractivity contribution in [2.24, 2.45) is 5.14 Å². The first-order valence-electron chi connectivity index (χ1n) is 0.977. The molecule has 0 unspecified atom stereocenters. The molecule has 26 valence electrons. The zero-order chi connectivity index (χ0) is 4.50. The molecule has 0 aliphatic carbocycles. The van der Waals surface area contributed by atoms with Crippen LogP contribution in [0.2, 0.25) is 0 Å². The van der Waals surface area contributed by atoms with Crippen LogP contribution in [-0.4, -0.2) is 9.54 Å². The van der Waals surface area contributed by atoms with E-state index in [0.29, 0.717) is 0 Å². The predicted octanol–water partition coefficient (Wildman–Crippen LogP) is -1.53. The number of hydrogen-bond acceptors (Lipinski definition) is 2. The van der Waals surface area contributed by atoms with Crippen molar-refractivity contribution < 1.29 is 8.42 Å². The fourth-order valence-electron chi connectivity index (χ4n) is 0. The molecule has 0 heterocycles. The van der Waals surface area contributed by atoms with Crippen LogP contribution in [-0.2, 0) is 10.8 Å². The van der Waals surface area contributed by atoms with Gasteiger partial charge in [0.1, 0.15) is 0 Å². The molecule has 2 N–H and O–H groups in total. The third-order valence-electron chi connectivity index (χ3n) is 0. The van der Waals surface area contributed by atoms with Crippen molar-refractivity contribution in [3.05, 3.63) is 0 Å². The minimum atomic E-state index is -3.92. The highest BCUT2D eigenvalue weighted by molar-refractivity contribution is 7.69. The quantitative estimate of drug-likeness (QED) is 0.348. The molecule has 0 fully saturated rings. The first-order chi connectivity index (χ1) is 2.00. The highest BCUT2D eigenvalue weighted by Crippen LogP contribution is 1.14. The van der Waals surface area contributed by atoms with Crippen molar-refractivity contribution in [2.75, 3.05) is 0 Å². The van der Waals surface area contributed by atoms with Gasteiger partial charge in [-0.1, -0.05) is 0 Å². The molecule has 0 aromatic carbocycles. The van der Waals surface area contributed by atoms with Crippen LogP contribution in [0.1, 0.15) is 0 Å². The third kappa shape index (κ3) is 195. The van der Waals surface area contributed by atoms with Crippen molar-refractivity contribution in [2.45, 2.75) is 0 Å². The van der Waals surface area contributed by atoms with Crippen molar-refractivity contribution in [1.29, 1.82) is 1.12 Å². The summed E-state index contributed by atoms with van der Waals surface area (Å²) in [5.74, 6) is 0. The zero-order valence-electron chi connectivity index (χ0n) is 2.80. The Morgan fingerprint density at radius 1 is 2.00 bits per heavy atom. The second-order valence-corrected chi connectivity index (χ2v) is 0.781. The van der Waals surface area contributed by atoms with Gasteiger partial charge in [-0.25, -0.2) is 13.6 Å². The van der Waals surface area contributed by atoms with E-state index in [0.717, 1.165) is 0 Å². The highest BCUT2D eigenvalue weighted by Gasteiger charge is 1.42. The average Bonchev–Trinajstić information content (AvgIpc) is 0.722. The maximum absolute atomic E-state index is 9.08. The first-order valence-corrected chi connectivity index (χ1v) is 1.71. The highest BCUT2D eigenvalue weighted by atomic mass is 32.2. The lowest BCUT2D eigenvalue weighted by molar-refractivity contribution is 0.616. The Balaban J connectivity index is 4.06. The van der Waals surface area contributed by atoms with Crippen LogP contribution in [0.3, 0.4) is 0 Å². The lowest BCUT2D eigenvalue weighted by Crippen LogP contribution is -1.85. The molecule has 0 aromatic rings. The molecule has 3 nitrogen and oxygen atoms in total. The van der Waals surface area contributed by atoms with Crippen LogP contribution in [0.15, 0.2) is 0 Å². The molecular formula is H3NO2S. The molecule has 0 amide bonds. The Bertz CT molecular complexity index is 92.8. The van der Waals surface area contributed by atoms with Crippen LogP contribution in [0.4, 0.5) is 0 Å². The van der Waals surface area contributed by atoms with Gasteiger partial charge in [0.05, 0.1) is 0 Å². The topological polar surface area (TPSA) is 60.2 Å². The van der Waals surface area contributed by atoms with E-state index >= 15 is 0 Å². The number of nitrogens with two attached hydrogens (primary N) is 1. The summed E-state index contributed by atoms with van der Waals surface area (Å²) >= 11 is 0. The van der Waals surface area contributed by atoms with Gasteiger partial charge in [-0.05, 0) is 0 Å². The van der Waals surface area contributed by atoms with Gasteiger partial charge in [0, 0.05) is 0 Å². The summed E-state index contributed by atoms with van der Waals surface area (Å²) in [6.45, 7) is 0. The van der Waals surface area contributed by atoms with Crippen LogP contribution < -0.4 is 5.14 Å². The Morgan fingerprint density at radius 2 is 2.00 bits per heavy atom. The molecule has 0 saturated heterocycles. The SMILES string of the molecule is [2H]S(N)(=O)=O. The van der Waals surface area contributed by atoms with Crippen molar-refractivity contribution in [3.8, 4) is 0 Å². The molecule has 4 heavy (non-hydrogen) atoms. The fourth-order valence-corrected chi connectivity index (χ4v) is 0. The lowest BCUT2D eigenvalue weighted by Gasteiger charge is -1.44. The molecule has 4 heteroatoms. The smallest absolute Gasteiger partial charge is 0.198 e. The van der Waals surface area contributed by atoms with Gasteiger partial charge in [-0.2, -0.15) is 0 Å². The second kappa shape index (κ2) is 1.25. The molecule has 0 rings (SSSR count). The predicted molar refractivity (Wildman–Crippen MR) is 14.5 cm³/mol. The molecule has 0 aliphatic rings. The van der Waals surface area contributed by atoms with Gasteiger partial charge >= 0.3 is 0 Å². The van der Waals surface area contributed by atoms with Gasteiger partial charge in [0.15, 0.2) is 11.9 Å². The van der Waals surface area contributed by atoms with Gasteiger partial charge in [0.25, 0.3) is 0 Å². The van der Waals surface area contributed by atoms with E-state index in [2.05, 4.69) is 5.14 Å². The van der Waals surface area contributed by atoms with E-state index in [1.807, 2.05) is 0 Å². The minimum absolute atomic E-state index is 3.92. The summed E-state index contributed by atoms with van der Waals surface area (Å²) < 4.78 is 23.8. The Hall–Kier alpha value is -0.0900. The largest absolute Gasteiger partial charge is 0.231 e. The minimum Gasteiger partial charge on any atom is -0.231 e. The van der Waals surface area contributed by atoms with Crippen LogP contribution >= 0.6 is 0 Å². The Labute approximate surface area is 26.6 Å². The van der Waals surface area contributed by atoms with Crippen molar-refractivity contribution in [1.82, 2.24) is 0 Å². The molecule has 0 bridgehead atoms. The molecular weight excluding hydrogens is 78.1 g/mol. The second-order valence-electron chi connectivity index (χ2n) is 0.260. The molecule has 0 spiro atoms. The van der Waals surface area contributed by atoms with Crippen LogP contribution in [0.5, 0.6) is 0 Å². The molecule has 0 atom stereocenters. The van der Waals surface area contributed by atoms with Crippen molar-refractivity contribution in [3.63, 3.8) is 0 Å². The number of thiol groups is 1. The molecule has 0 radical (unpaired) electrons. The van der Waals surface area contributed by atoms with Gasteiger partial charge in [-0.15, -0.1) is 0 Å². The lowest BCUT2D eigenvalue weighted by atomic mass is 14.0. The normalized spacial score (nSPS) is 14.8.